The van der Waals surface area contributed by atoms with Crippen LogP contribution in [-0.4, -0.2) is 26.7 Å². The lowest BCUT2D eigenvalue weighted by molar-refractivity contribution is 0.245. The minimum atomic E-state index is -3.48. The molecule has 0 spiro atoms. The summed E-state index contributed by atoms with van der Waals surface area (Å²) in [6.07, 6.45) is 11.7. The highest BCUT2D eigenvalue weighted by molar-refractivity contribution is 7.90. The van der Waals surface area contributed by atoms with Gasteiger partial charge >= 0.3 is 6.03 Å². The van der Waals surface area contributed by atoms with Crippen LogP contribution in [0.4, 0.5) is 4.79 Å². The van der Waals surface area contributed by atoms with Crippen molar-refractivity contribution < 1.29 is 13.2 Å². The molecule has 0 rings (SSSR count). The first-order valence-corrected chi connectivity index (χ1v) is 10.5. The summed E-state index contributed by atoms with van der Waals surface area (Å²) >= 11 is 0. The second-order valence-electron chi connectivity index (χ2n) is 5.86. The summed E-state index contributed by atoms with van der Waals surface area (Å²) in [5, 5.41) is 2.61. The third-order valence-electron chi connectivity index (χ3n) is 3.58. The lowest BCUT2D eigenvalue weighted by atomic mass is 10.1. The molecule has 0 unspecified atom stereocenters. The fraction of sp³-hybridized carbons (Fsp3) is 0.938. The minimum Gasteiger partial charge on any atom is -0.337 e. The van der Waals surface area contributed by atoms with Gasteiger partial charge in [-0.25, -0.2) is 17.9 Å². The van der Waals surface area contributed by atoms with E-state index in [-0.39, 0.29) is 5.75 Å². The summed E-state index contributed by atoms with van der Waals surface area (Å²) in [5.41, 5.74) is 0. The van der Waals surface area contributed by atoms with Gasteiger partial charge in [-0.15, -0.1) is 0 Å². The van der Waals surface area contributed by atoms with Crippen LogP contribution in [0.25, 0.3) is 0 Å². The van der Waals surface area contributed by atoms with Crippen molar-refractivity contribution in [2.24, 2.45) is 0 Å². The number of carbonyl (C=O) groups excluding carboxylic acids is 1. The Balaban J connectivity index is 3.63. The molecule has 0 fully saturated rings. The predicted octanol–water partition coefficient (Wildman–Crippen LogP) is 3.95. The molecule has 0 saturated heterocycles. The zero-order valence-corrected chi connectivity index (χ0v) is 15.1. The molecule has 0 heterocycles. The molecule has 0 aliphatic rings. The van der Waals surface area contributed by atoms with Crippen LogP contribution in [-0.2, 0) is 10.0 Å². The Hall–Kier alpha value is -0.780. The van der Waals surface area contributed by atoms with Crippen LogP contribution in [0, 0.1) is 0 Å². The monoisotopic (exact) mass is 334 g/mol. The fourth-order valence-electron chi connectivity index (χ4n) is 2.23. The maximum absolute atomic E-state index is 11.7. The van der Waals surface area contributed by atoms with Gasteiger partial charge in [-0.1, -0.05) is 71.6 Å². The molecule has 0 aliphatic heterocycles. The van der Waals surface area contributed by atoms with Crippen molar-refractivity contribution in [2.45, 2.75) is 84.5 Å². The van der Waals surface area contributed by atoms with Gasteiger partial charge in [0.05, 0.1) is 5.75 Å². The van der Waals surface area contributed by atoms with Crippen molar-refractivity contribution in [1.29, 1.82) is 0 Å². The third-order valence-corrected chi connectivity index (χ3v) is 4.90. The number of hydrogen-bond acceptors (Lipinski definition) is 3. The molecule has 5 nitrogen and oxygen atoms in total. The third kappa shape index (κ3) is 14.2. The molecule has 0 aromatic rings. The van der Waals surface area contributed by atoms with Crippen molar-refractivity contribution in [1.82, 2.24) is 10.0 Å². The molecule has 0 radical (unpaired) electrons. The quantitative estimate of drug-likeness (QED) is 0.472. The largest absolute Gasteiger partial charge is 0.337 e. The number of carbonyl (C=O) groups is 1. The Bertz CT molecular complexity index is 370. The molecular formula is C16H34N2O3S. The molecule has 0 aromatic heterocycles. The van der Waals surface area contributed by atoms with Gasteiger partial charge in [-0.05, 0) is 12.8 Å². The first kappa shape index (κ1) is 21.2. The summed E-state index contributed by atoms with van der Waals surface area (Å²) in [6, 6.07) is -0.595. The van der Waals surface area contributed by atoms with Crippen molar-refractivity contribution in [3.05, 3.63) is 0 Å². The molecule has 0 atom stereocenters. The van der Waals surface area contributed by atoms with Gasteiger partial charge in [-0.2, -0.15) is 0 Å². The Morgan fingerprint density at radius 2 is 1.27 bits per heavy atom. The maximum atomic E-state index is 11.7. The van der Waals surface area contributed by atoms with Crippen LogP contribution < -0.4 is 10.0 Å². The number of urea groups is 1. The van der Waals surface area contributed by atoms with E-state index in [2.05, 4.69) is 23.9 Å². The summed E-state index contributed by atoms with van der Waals surface area (Å²) in [7, 11) is -3.48. The summed E-state index contributed by atoms with van der Waals surface area (Å²) in [5.74, 6) is 0.0289. The predicted molar refractivity (Wildman–Crippen MR) is 92.5 cm³/mol. The summed E-state index contributed by atoms with van der Waals surface area (Å²) < 4.78 is 25.5. The highest BCUT2D eigenvalue weighted by atomic mass is 32.2. The summed E-state index contributed by atoms with van der Waals surface area (Å²) in [6.45, 7) is 4.83. The van der Waals surface area contributed by atoms with E-state index in [1.165, 1.54) is 25.7 Å². The smallest absolute Gasteiger partial charge is 0.328 e. The minimum absolute atomic E-state index is 0.0289. The van der Waals surface area contributed by atoms with Crippen molar-refractivity contribution in [3.8, 4) is 0 Å². The maximum Gasteiger partial charge on any atom is 0.328 e. The standard InChI is InChI=1S/C16H34N2O3S/c1-3-5-7-9-10-12-14-17-16(19)18-22(20,21)15-13-11-8-6-4-2/h3-15H2,1-2H3,(H2,17,18,19). The van der Waals surface area contributed by atoms with Crippen molar-refractivity contribution in [2.75, 3.05) is 12.3 Å². The van der Waals surface area contributed by atoms with E-state index < -0.39 is 16.1 Å². The van der Waals surface area contributed by atoms with E-state index >= 15 is 0 Å². The van der Waals surface area contributed by atoms with Gasteiger partial charge in [0.15, 0.2) is 0 Å². The molecule has 2 N–H and O–H groups in total. The Kier molecular flexibility index (Phi) is 13.4. The van der Waals surface area contributed by atoms with Crippen LogP contribution in [0.5, 0.6) is 0 Å². The lowest BCUT2D eigenvalue weighted by Gasteiger charge is -2.08. The van der Waals surface area contributed by atoms with E-state index in [1.54, 1.807) is 0 Å². The summed E-state index contributed by atoms with van der Waals surface area (Å²) in [4.78, 5) is 11.5. The van der Waals surface area contributed by atoms with E-state index in [0.29, 0.717) is 13.0 Å². The van der Waals surface area contributed by atoms with Crippen LogP contribution in [0.2, 0.25) is 0 Å². The number of nitrogens with one attached hydrogen (secondary N) is 2. The van der Waals surface area contributed by atoms with Crippen LogP contribution >= 0.6 is 0 Å². The molecule has 132 valence electrons. The highest BCUT2D eigenvalue weighted by Gasteiger charge is 2.13. The van der Waals surface area contributed by atoms with Crippen molar-refractivity contribution >= 4 is 16.1 Å². The van der Waals surface area contributed by atoms with Gasteiger partial charge in [0.1, 0.15) is 0 Å². The Morgan fingerprint density at radius 1 is 0.773 bits per heavy atom. The molecule has 2 amide bonds. The van der Waals surface area contributed by atoms with E-state index in [1.807, 2.05) is 0 Å². The van der Waals surface area contributed by atoms with Gasteiger partial charge < -0.3 is 5.32 Å². The first-order chi connectivity index (χ1) is 10.5. The van der Waals surface area contributed by atoms with E-state index in [9.17, 15) is 13.2 Å². The van der Waals surface area contributed by atoms with E-state index in [0.717, 1.165) is 38.5 Å². The number of unbranched alkanes of at least 4 members (excludes halogenated alkanes) is 9. The first-order valence-electron chi connectivity index (χ1n) is 8.80. The van der Waals surface area contributed by atoms with E-state index in [4.69, 9.17) is 0 Å². The van der Waals surface area contributed by atoms with Gasteiger partial charge in [0.25, 0.3) is 0 Å². The second-order valence-corrected chi connectivity index (χ2v) is 7.70. The molecule has 0 saturated carbocycles. The SMILES string of the molecule is CCCCCCCCNC(=O)NS(=O)(=O)CCCCCCC. The van der Waals surface area contributed by atoms with Crippen LogP contribution in [0.3, 0.4) is 0 Å². The normalized spacial score (nSPS) is 11.4. The van der Waals surface area contributed by atoms with Gasteiger partial charge in [0.2, 0.25) is 10.0 Å². The van der Waals surface area contributed by atoms with Crippen LogP contribution in [0.1, 0.15) is 84.5 Å². The van der Waals surface area contributed by atoms with Crippen LogP contribution in [0.15, 0.2) is 0 Å². The number of sulfonamides is 1. The van der Waals surface area contributed by atoms with Gasteiger partial charge in [-0.3, -0.25) is 0 Å². The van der Waals surface area contributed by atoms with Crippen molar-refractivity contribution in [3.63, 3.8) is 0 Å². The number of hydrogen-bond donors (Lipinski definition) is 2. The van der Waals surface area contributed by atoms with Gasteiger partial charge in [0, 0.05) is 6.54 Å². The zero-order valence-electron chi connectivity index (χ0n) is 14.3. The topological polar surface area (TPSA) is 75.3 Å². The highest BCUT2D eigenvalue weighted by Crippen LogP contribution is 2.05. The molecule has 6 heteroatoms. The zero-order chi connectivity index (χ0) is 16.7. The lowest BCUT2D eigenvalue weighted by Crippen LogP contribution is -2.40. The molecule has 22 heavy (non-hydrogen) atoms. The molecule has 0 aliphatic carbocycles. The fourth-order valence-corrected chi connectivity index (χ4v) is 3.27. The molecule has 0 bridgehead atoms. The number of amides is 2. The Labute approximate surface area is 136 Å². The second kappa shape index (κ2) is 13.9. The molecular weight excluding hydrogens is 300 g/mol. The number of rotatable bonds is 14. The average molecular weight is 335 g/mol. The molecule has 0 aromatic carbocycles. The Morgan fingerprint density at radius 3 is 1.86 bits per heavy atom. The average Bonchev–Trinajstić information content (AvgIpc) is 2.45.